The number of aromatic nitrogens is 2. The summed E-state index contributed by atoms with van der Waals surface area (Å²) in [6.45, 7) is 2.60. The number of carbonyl (C=O) groups excluding carboxylic acids is 1. The molecule has 3 rings (SSSR count). The molecule has 6 heteroatoms. The first-order valence-corrected chi connectivity index (χ1v) is 7.20. The Morgan fingerprint density at radius 1 is 1.40 bits per heavy atom. The van der Waals surface area contributed by atoms with Gasteiger partial charge in [-0.1, -0.05) is 0 Å². The van der Waals surface area contributed by atoms with Gasteiger partial charge in [-0.05, 0) is 38.8 Å². The Balaban J connectivity index is 1.49. The predicted octanol–water partition coefficient (Wildman–Crippen LogP) is 0.508. The Morgan fingerprint density at radius 2 is 2.25 bits per heavy atom. The van der Waals surface area contributed by atoms with Crippen molar-refractivity contribution in [3.63, 3.8) is 0 Å². The van der Waals surface area contributed by atoms with E-state index < -0.39 is 0 Å². The van der Waals surface area contributed by atoms with E-state index in [1.54, 1.807) is 6.20 Å². The molecular formula is C14H20N4O2. The molecule has 0 unspecified atom stereocenters. The van der Waals surface area contributed by atoms with E-state index in [9.17, 15) is 4.79 Å². The van der Waals surface area contributed by atoms with Crippen LogP contribution in [0.25, 0.3) is 0 Å². The molecule has 0 saturated carbocycles. The highest BCUT2D eigenvalue weighted by Gasteiger charge is 2.40. The van der Waals surface area contributed by atoms with E-state index in [0.717, 1.165) is 38.8 Å². The topological polar surface area (TPSA) is 76.1 Å². The maximum atomic E-state index is 11.9. The molecule has 0 radical (unpaired) electrons. The summed E-state index contributed by atoms with van der Waals surface area (Å²) >= 11 is 0. The number of hydrogen-bond donors (Lipinski definition) is 2. The molecular weight excluding hydrogens is 256 g/mol. The van der Waals surface area contributed by atoms with Gasteiger partial charge in [-0.15, -0.1) is 0 Å². The first kappa shape index (κ1) is 13.5. The van der Waals surface area contributed by atoms with Gasteiger partial charge >= 0.3 is 0 Å². The molecule has 6 nitrogen and oxygen atoms in total. The summed E-state index contributed by atoms with van der Waals surface area (Å²) in [4.78, 5) is 19.8. The van der Waals surface area contributed by atoms with Crippen LogP contribution < -0.4 is 10.6 Å². The SMILES string of the molecule is O=C(NC[C@@H]1CCC2(CCNCC2)O1)c1cnccn1. The third-order valence-electron chi connectivity index (χ3n) is 4.14. The van der Waals surface area contributed by atoms with Crippen molar-refractivity contribution in [3.8, 4) is 0 Å². The second-order valence-electron chi connectivity index (χ2n) is 5.51. The van der Waals surface area contributed by atoms with Gasteiger partial charge in [-0.25, -0.2) is 4.98 Å². The minimum absolute atomic E-state index is 0.0488. The van der Waals surface area contributed by atoms with Crippen LogP contribution in [-0.4, -0.2) is 47.2 Å². The van der Waals surface area contributed by atoms with E-state index >= 15 is 0 Å². The molecule has 20 heavy (non-hydrogen) atoms. The summed E-state index contributed by atoms with van der Waals surface area (Å²) in [5.74, 6) is -0.187. The number of piperidine rings is 1. The molecule has 2 aliphatic rings. The number of nitrogens with zero attached hydrogens (tertiary/aromatic N) is 2. The molecule has 2 aliphatic heterocycles. The number of amides is 1. The standard InChI is InChI=1S/C14H20N4O2/c19-13(12-10-16-7-8-17-12)18-9-11-1-2-14(20-11)3-5-15-6-4-14/h7-8,10-11,15H,1-6,9H2,(H,18,19)/t11-/m0/s1. The van der Waals surface area contributed by atoms with Crippen molar-refractivity contribution < 1.29 is 9.53 Å². The Hall–Kier alpha value is -1.53. The monoisotopic (exact) mass is 276 g/mol. The summed E-state index contributed by atoms with van der Waals surface area (Å²) < 4.78 is 6.19. The van der Waals surface area contributed by atoms with Gasteiger partial charge in [0.05, 0.1) is 17.9 Å². The molecule has 1 aromatic rings. The molecule has 0 aromatic carbocycles. The molecule has 2 N–H and O–H groups in total. The lowest BCUT2D eigenvalue weighted by Crippen LogP contribution is -2.43. The molecule has 1 spiro atoms. The van der Waals surface area contributed by atoms with E-state index in [4.69, 9.17) is 4.74 Å². The van der Waals surface area contributed by atoms with Crippen molar-refractivity contribution in [3.05, 3.63) is 24.3 Å². The number of nitrogens with one attached hydrogen (secondary N) is 2. The van der Waals surface area contributed by atoms with Gasteiger partial charge in [-0.2, -0.15) is 0 Å². The van der Waals surface area contributed by atoms with Gasteiger partial charge in [0, 0.05) is 18.9 Å². The number of rotatable bonds is 3. The third-order valence-corrected chi connectivity index (χ3v) is 4.14. The van der Waals surface area contributed by atoms with Crippen LogP contribution in [0, 0.1) is 0 Å². The van der Waals surface area contributed by atoms with E-state index in [0.29, 0.717) is 12.2 Å². The Kier molecular flexibility index (Phi) is 3.93. The van der Waals surface area contributed by atoms with Crippen LogP contribution in [0.4, 0.5) is 0 Å². The van der Waals surface area contributed by atoms with Crippen molar-refractivity contribution in [2.24, 2.45) is 0 Å². The fourth-order valence-corrected chi connectivity index (χ4v) is 3.00. The van der Waals surface area contributed by atoms with Crippen LogP contribution in [-0.2, 0) is 4.74 Å². The Morgan fingerprint density at radius 3 is 3.00 bits per heavy atom. The average Bonchev–Trinajstić information content (AvgIpc) is 2.89. The zero-order valence-corrected chi connectivity index (χ0v) is 11.5. The van der Waals surface area contributed by atoms with Gasteiger partial charge in [0.2, 0.25) is 0 Å². The largest absolute Gasteiger partial charge is 0.370 e. The van der Waals surface area contributed by atoms with Crippen LogP contribution in [0.1, 0.15) is 36.2 Å². The maximum Gasteiger partial charge on any atom is 0.271 e. The highest BCUT2D eigenvalue weighted by atomic mass is 16.5. The third kappa shape index (κ3) is 2.96. The van der Waals surface area contributed by atoms with E-state index in [-0.39, 0.29) is 17.6 Å². The first-order valence-electron chi connectivity index (χ1n) is 7.20. The first-order chi connectivity index (χ1) is 9.77. The normalized spacial score (nSPS) is 24.7. The van der Waals surface area contributed by atoms with Crippen LogP contribution in [0.5, 0.6) is 0 Å². The second kappa shape index (κ2) is 5.85. The zero-order valence-electron chi connectivity index (χ0n) is 11.5. The van der Waals surface area contributed by atoms with Gasteiger partial charge in [-0.3, -0.25) is 9.78 Å². The van der Waals surface area contributed by atoms with Gasteiger partial charge in [0.1, 0.15) is 5.69 Å². The quantitative estimate of drug-likeness (QED) is 0.841. The van der Waals surface area contributed by atoms with Crippen LogP contribution >= 0.6 is 0 Å². The molecule has 2 saturated heterocycles. The molecule has 2 fully saturated rings. The van der Waals surface area contributed by atoms with Crippen molar-refractivity contribution in [2.45, 2.75) is 37.4 Å². The lowest BCUT2D eigenvalue weighted by atomic mass is 9.89. The smallest absolute Gasteiger partial charge is 0.271 e. The zero-order chi connectivity index (χ0) is 13.8. The van der Waals surface area contributed by atoms with Gasteiger partial charge in [0.15, 0.2) is 0 Å². The molecule has 0 aliphatic carbocycles. The van der Waals surface area contributed by atoms with Crippen LogP contribution in [0.15, 0.2) is 18.6 Å². The predicted molar refractivity (Wildman–Crippen MR) is 73.3 cm³/mol. The average molecular weight is 276 g/mol. The van der Waals surface area contributed by atoms with Crippen molar-refractivity contribution in [2.75, 3.05) is 19.6 Å². The number of ether oxygens (including phenoxy) is 1. The summed E-state index contributed by atoms with van der Waals surface area (Å²) in [5, 5.41) is 6.24. The number of carbonyl (C=O) groups is 1. The van der Waals surface area contributed by atoms with Crippen LogP contribution in [0.3, 0.4) is 0 Å². The van der Waals surface area contributed by atoms with E-state index in [2.05, 4.69) is 20.6 Å². The summed E-state index contributed by atoms with van der Waals surface area (Å²) in [6, 6.07) is 0. The van der Waals surface area contributed by atoms with Gasteiger partial charge < -0.3 is 15.4 Å². The summed E-state index contributed by atoms with van der Waals surface area (Å²) in [7, 11) is 0. The summed E-state index contributed by atoms with van der Waals surface area (Å²) in [5.41, 5.74) is 0.398. The molecule has 1 atom stereocenters. The number of hydrogen-bond acceptors (Lipinski definition) is 5. The van der Waals surface area contributed by atoms with Crippen molar-refractivity contribution >= 4 is 5.91 Å². The molecule has 3 heterocycles. The minimum atomic E-state index is -0.187. The van der Waals surface area contributed by atoms with Gasteiger partial charge in [0.25, 0.3) is 5.91 Å². The molecule has 108 valence electrons. The van der Waals surface area contributed by atoms with Crippen molar-refractivity contribution in [1.82, 2.24) is 20.6 Å². The summed E-state index contributed by atoms with van der Waals surface area (Å²) in [6.07, 6.45) is 8.92. The fourth-order valence-electron chi connectivity index (χ4n) is 3.00. The minimum Gasteiger partial charge on any atom is -0.370 e. The van der Waals surface area contributed by atoms with Crippen LogP contribution in [0.2, 0.25) is 0 Å². The Bertz CT molecular complexity index is 460. The van der Waals surface area contributed by atoms with Crippen molar-refractivity contribution in [1.29, 1.82) is 0 Å². The fraction of sp³-hybridized carbons (Fsp3) is 0.643. The lowest BCUT2D eigenvalue weighted by molar-refractivity contribution is -0.0576. The maximum absolute atomic E-state index is 11.9. The molecule has 1 amide bonds. The Labute approximate surface area is 118 Å². The highest BCUT2D eigenvalue weighted by molar-refractivity contribution is 5.91. The van der Waals surface area contributed by atoms with E-state index in [1.165, 1.54) is 12.4 Å². The van der Waals surface area contributed by atoms with E-state index in [1.807, 2.05) is 0 Å². The molecule has 1 aromatic heterocycles. The lowest BCUT2D eigenvalue weighted by Gasteiger charge is -2.33. The molecule has 0 bridgehead atoms. The second-order valence-corrected chi connectivity index (χ2v) is 5.51. The highest BCUT2D eigenvalue weighted by Crippen LogP contribution is 2.36.